The number of nitrogens with one attached hydrogen (secondary N) is 1. The number of amides is 2. The van der Waals surface area contributed by atoms with Crippen LogP contribution in [0.2, 0.25) is 0 Å². The summed E-state index contributed by atoms with van der Waals surface area (Å²) in [5.41, 5.74) is 0. The Kier molecular flexibility index (Phi) is 19.4. The first-order valence-corrected chi connectivity index (χ1v) is 12.0. The Morgan fingerprint density at radius 3 is 2.34 bits per heavy atom. The number of esters is 1. The number of rotatable bonds is 20. The van der Waals surface area contributed by atoms with E-state index >= 15 is 0 Å². The van der Waals surface area contributed by atoms with Gasteiger partial charge in [-0.1, -0.05) is 51.2 Å². The summed E-state index contributed by atoms with van der Waals surface area (Å²) in [5.74, 6) is -1.15. The van der Waals surface area contributed by atoms with Crippen molar-refractivity contribution in [2.45, 2.75) is 115 Å². The van der Waals surface area contributed by atoms with Crippen LogP contribution in [0.1, 0.15) is 103 Å². The molecule has 0 aliphatic rings. The van der Waals surface area contributed by atoms with E-state index < -0.39 is 24.1 Å². The molecule has 0 radical (unpaired) electrons. The minimum atomic E-state index is -0.772. The molecule has 0 rings (SSSR count). The highest BCUT2D eigenvalue weighted by atomic mass is 16.6. The maximum atomic E-state index is 12.0. The first-order chi connectivity index (χ1) is 15.4. The van der Waals surface area contributed by atoms with Crippen molar-refractivity contribution in [3.8, 4) is 0 Å². The molecule has 0 bridgehead atoms. The summed E-state index contributed by atoms with van der Waals surface area (Å²) >= 11 is 0. The molecule has 2 N–H and O–H groups in total. The molecule has 184 valence electrons. The van der Waals surface area contributed by atoms with Crippen LogP contribution in [0.3, 0.4) is 0 Å². The van der Waals surface area contributed by atoms with Crippen molar-refractivity contribution < 1.29 is 24.2 Å². The van der Waals surface area contributed by atoms with Gasteiger partial charge in [0.1, 0.15) is 6.10 Å². The van der Waals surface area contributed by atoms with Crippen LogP contribution in [-0.2, 0) is 19.1 Å². The first-order valence-electron chi connectivity index (χ1n) is 12.0. The quantitative estimate of drug-likeness (QED) is 0.119. The zero-order valence-corrected chi connectivity index (χ0v) is 19.9. The largest absolute Gasteiger partial charge is 0.460 e. The van der Waals surface area contributed by atoms with Crippen LogP contribution >= 0.6 is 0 Å². The lowest BCUT2D eigenvalue weighted by molar-refractivity contribution is -0.155. The minimum absolute atomic E-state index is 0.0250. The van der Waals surface area contributed by atoms with Crippen molar-refractivity contribution in [2.24, 2.45) is 5.18 Å². The summed E-state index contributed by atoms with van der Waals surface area (Å²) in [6.07, 6.45) is 13.5. The summed E-state index contributed by atoms with van der Waals surface area (Å²) in [5, 5.41) is 15.4. The second-order valence-electron chi connectivity index (χ2n) is 8.12. The normalized spacial score (nSPS) is 13.0. The van der Waals surface area contributed by atoms with Crippen LogP contribution in [0.5, 0.6) is 0 Å². The van der Waals surface area contributed by atoms with Gasteiger partial charge in [0, 0.05) is 31.5 Å². The van der Waals surface area contributed by atoms with E-state index in [0.29, 0.717) is 19.3 Å². The number of carbonyl (C=O) groups excluding carboxylic acids is 3. The fraction of sp³-hybridized carbons (Fsp3) is 0.792. The van der Waals surface area contributed by atoms with Crippen molar-refractivity contribution in [2.75, 3.05) is 7.05 Å². The van der Waals surface area contributed by atoms with E-state index in [0.717, 1.165) is 57.8 Å². The molecule has 2 unspecified atom stereocenters. The molecule has 0 fully saturated rings. The highest BCUT2D eigenvalue weighted by Gasteiger charge is 2.22. The van der Waals surface area contributed by atoms with Crippen molar-refractivity contribution in [1.29, 1.82) is 0 Å². The monoisotopic (exact) mass is 454 g/mol. The molecule has 8 heteroatoms. The molecule has 32 heavy (non-hydrogen) atoms. The smallest absolute Gasteiger partial charge is 0.306 e. The molecule has 0 heterocycles. The van der Waals surface area contributed by atoms with Gasteiger partial charge < -0.3 is 15.2 Å². The van der Waals surface area contributed by atoms with E-state index in [1.165, 1.54) is 0 Å². The number of unbranched alkanes of at least 4 members (excludes halogenated alkanes) is 7. The van der Waals surface area contributed by atoms with Crippen molar-refractivity contribution in [3.05, 3.63) is 17.1 Å². The van der Waals surface area contributed by atoms with E-state index in [4.69, 9.17) is 4.74 Å². The Morgan fingerprint density at radius 2 is 1.66 bits per heavy atom. The van der Waals surface area contributed by atoms with E-state index in [1.54, 1.807) is 7.05 Å². The van der Waals surface area contributed by atoms with Crippen molar-refractivity contribution in [1.82, 2.24) is 5.32 Å². The number of ether oxygens (including phenoxy) is 1. The van der Waals surface area contributed by atoms with Crippen LogP contribution in [0, 0.1) is 4.91 Å². The summed E-state index contributed by atoms with van der Waals surface area (Å²) in [7, 11) is 1.65. The van der Waals surface area contributed by atoms with E-state index in [9.17, 15) is 24.4 Å². The van der Waals surface area contributed by atoms with Gasteiger partial charge in [-0.25, -0.2) is 0 Å². The highest BCUT2D eigenvalue weighted by Crippen LogP contribution is 2.16. The van der Waals surface area contributed by atoms with Gasteiger partial charge in [0.15, 0.2) is 0 Å². The fourth-order valence-corrected chi connectivity index (χ4v) is 3.29. The molecule has 0 aromatic carbocycles. The molecule has 8 nitrogen and oxygen atoms in total. The summed E-state index contributed by atoms with van der Waals surface area (Å²) in [6.45, 7) is 2.08. The predicted octanol–water partition coefficient (Wildman–Crippen LogP) is 4.73. The van der Waals surface area contributed by atoms with Crippen LogP contribution in [0.25, 0.3) is 0 Å². The molecule has 0 saturated carbocycles. The maximum Gasteiger partial charge on any atom is 0.306 e. The molecular weight excluding hydrogens is 412 g/mol. The van der Waals surface area contributed by atoms with Gasteiger partial charge in [-0.2, -0.15) is 0 Å². The molecule has 2 atom stereocenters. The molecule has 0 aliphatic heterocycles. The van der Waals surface area contributed by atoms with Crippen LogP contribution in [0.15, 0.2) is 17.3 Å². The van der Waals surface area contributed by atoms with Gasteiger partial charge in [0.25, 0.3) is 5.91 Å². The Balaban J connectivity index is 4.17. The third-order valence-electron chi connectivity index (χ3n) is 5.28. The fourth-order valence-electron chi connectivity index (χ4n) is 3.29. The van der Waals surface area contributed by atoms with Crippen LogP contribution in [-0.4, -0.2) is 42.1 Å². The van der Waals surface area contributed by atoms with E-state index in [2.05, 4.69) is 23.5 Å². The number of aliphatic hydroxyl groups excluding tert-OH is 1. The Hall–Kier alpha value is -2.09. The molecule has 0 saturated heterocycles. The third kappa shape index (κ3) is 17.6. The predicted molar refractivity (Wildman–Crippen MR) is 125 cm³/mol. The standard InChI is InChI=1S/C24H42N2O6/c1-3-4-11-16-21(32-24(30)19-14-18-23(29)26-31)20(27)15-12-9-7-5-6-8-10-13-17-22(28)25-2/h9,12,20-21,27H,3-8,10-11,13-19H2,1-2H3,(H,25,28)/b12-9-. The molecule has 0 aromatic heterocycles. The number of nitrogens with zero attached hydrogens (tertiary/aromatic N) is 1. The van der Waals surface area contributed by atoms with Gasteiger partial charge in [0.05, 0.1) is 6.10 Å². The summed E-state index contributed by atoms with van der Waals surface area (Å²) in [4.78, 5) is 44.2. The van der Waals surface area contributed by atoms with Gasteiger partial charge in [0.2, 0.25) is 5.91 Å². The van der Waals surface area contributed by atoms with Gasteiger partial charge in [-0.05, 0) is 44.9 Å². The SMILES string of the molecule is CCCCCC(OC(=O)CCCC(=O)N=O)C(O)C/C=C\CCCCCCCC(=O)NC. The number of carbonyl (C=O) groups is 3. The van der Waals surface area contributed by atoms with Gasteiger partial charge in [-0.3, -0.25) is 14.4 Å². The average Bonchev–Trinajstić information content (AvgIpc) is 2.79. The number of nitroso groups, excluding NO2 is 1. The summed E-state index contributed by atoms with van der Waals surface area (Å²) in [6, 6.07) is 0. The number of allylic oxidation sites excluding steroid dienone is 1. The molecule has 0 spiro atoms. The second-order valence-corrected chi connectivity index (χ2v) is 8.12. The highest BCUT2D eigenvalue weighted by molar-refractivity contribution is 5.77. The van der Waals surface area contributed by atoms with Crippen LogP contribution < -0.4 is 5.32 Å². The minimum Gasteiger partial charge on any atom is -0.460 e. The van der Waals surface area contributed by atoms with Gasteiger partial charge >= 0.3 is 5.97 Å². The lowest BCUT2D eigenvalue weighted by Gasteiger charge is -2.22. The third-order valence-corrected chi connectivity index (χ3v) is 5.28. The molecule has 0 aliphatic carbocycles. The van der Waals surface area contributed by atoms with Crippen molar-refractivity contribution in [3.63, 3.8) is 0 Å². The number of hydrogen-bond donors (Lipinski definition) is 2. The number of aliphatic hydroxyl groups is 1. The lowest BCUT2D eigenvalue weighted by Crippen LogP contribution is -2.31. The molecule has 0 aromatic rings. The van der Waals surface area contributed by atoms with Crippen LogP contribution in [0.4, 0.5) is 0 Å². The first kappa shape index (κ1) is 29.9. The lowest BCUT2D eigenvalue weighted by atomic mass is 10.0. The molecular formula is C24H42N2O6. The topological polar surface area (TPSA) is 122 Å². The van der Waals surface area contributed by atoms with E-state index in [1.807, 2.05) is 6.08 Å². The summed E-state index contributed by atoms with van der Waals surface area (Å²) < 4.78 is 5.46. The Bertz CT molecular complexity index is 565. The Morgan fingerprint density at radius 1 is 0.938 bits per heavy atom. The molecule has 2 amide bonds. The Labute approximate surface area is 192 Å². The number of hydrogen-bond acceptors (Lipinski definition) is 6. The zero-order valence-electron chi connectivity index (χ0n) is 19.9. The van der Waals surface area contributed by atoms with E-state index in [-0.39, 0.29) is 25.2 Å². The van der Waals surface area contributed by atoms with Gasteiger partial charge in [-0.15, -0.1) is 4.91 Å². The maximum absolute atomic E-state index is 12.0. The second kappa shape index (κ2) is 20.8. The average molecular weight is 455 g/mol. The zero-order chi connectivity index (χ0) is 24.0. The van der Waals surface area contributed by atoms with Crippen molar-refractivity contribution >= 4 is 17.8 Å².